The van der Waals surface area contributed by atoms with Gasteiger partial charge in [-0.1, -0.05) is 26.7 Å². The summed E-state index contributed by atoms with van der Waals surface area (Å²) >= 11 is -2.32. The minimum absolute atomic E-state index is 0.266. The molecule has 0 fully saturated rings. The molecule has 0 bridgehead atoms. The normalized spacial score (nSPS) is 17.0. The van der Waals surface area contributed by atoms with Crippen LogP contribution in [-0.2, 0) is 20.3 Å². The highest BCUT2D eigenvalue weighted by atomic mass is 32.2. The van der Waals surface area contributed by atoms with Crippen LogP contribution in [-0.4, -0.2) is 25.9 Å². The van der Waals surface area contributed by atoms with Crippen molar-refractivity contribution in [3.05, 3.63) is 0 Å². The zero-order valence-corrected chi connectivity index (χ0v) is 9.83. The zero-order valence-electron chi connectivity index (χ0n) is 9.01. The third-order valence-electron chi connectivity index (χ3n) is 2.14. The van der Waals surface area contributed by atoms with Crippen molar-refractivity contribution in [3.8, 4) is 0 Å². The van der Waals surface area contributed by atoms with Crippen LogP contribution in [0.1, 0.15) is 39.5 Å². The van der Waals surface area contributed by atoms with E-state index in [-0.39, 0.29) is 6.42 Å². The molecule has 0 aliphatic carbocycles. The maximum atomic E-state index is 10.6. The van der Waals surface area contributed by atoms with E-state index in [0.29, 0.717) is 6.42 Å². The highest BCUT2D eigenvalue weighted by molar-refractivity contribution is 7.74. The molecule has 90 valence electrons. The van der Waals surface area contributed by atoms with Gasteiger partial charge in [-0.2, -0.15) is 4.21 Å². The number of unbranched alkanes of at least 4 members (excludes halogenated alkanes) is 1. The summed E-state index contributed by atoms with van der Waals surface area (Å²) in [6.07, 6.45) is 2.22. The fourth-order valence-electron chi connectivity index (χ4n) is 1.25. The summed E-state index contributed by atoms with van der Waals surface area (Å²) in [5, 5.41) is 8.70. The largest absolute Gasteiger partial charge is 0.481 e. The summed E-state index contributed by atoms with van der Waals surface area (Å²) in [6.45, 7) is 3.55. The van der Waals surface area contributed by atoms with E-state index < -0.39 is 29.4 Å². The molecule has 5 nitrogen and oxygen atoms in total. The topological polar surface area (TPSA) is 83.8 Å². The average Bonchev–Trinajstić information content (AvgIpc) is 2.13. The first-order valence-electron chi connectivity index (χ1n) is 4.98. The highest BCUT2D eigenvalue weighted by Crippen LogP contribution is 2.16. The highest BCUT2D eigenvalue weighted by Gasteiger charge is 2.20. The number of hydrogen-bond acceptors (Lipinski definition) is 3. The van der Waals surface area contributed by atoms with E-state index in [9.17, 15) is 9.00 Å². The lowest BCUT2D eigenvalue weighted by Crippen LogP contribution is -2.21. The Balaban J connectivity index is 4.10. The predicted octanol–water partition coefficient (Wildman–Crippen LogP) is 1.81. The first-order chi connectivity index (χ1) is 6.97. The fraction of sp³-hybridized carbons (Fsp3) is 0.889. The minimum Gasteiger partial charge on any atom is -0.481 e. The molecule has 0 aliphatic rings. The first kappa shape index (κ1) is 14.5. The van der Waals surface area contributed by atoms with E-state index in [0.717, 1.165) is 12.8 Å². The molecule has 0 radical (unpaired) electrons. The Morgan fingerprint density at radius 3 is 2.53 bits per heavy atom. The van der Waals surface area contributed by atoms with Crippen molar-refractivity contribution in [1.29, 1.82) is 0 Å². The Morgan fingerprint density at radius 2 is 2.13 bits per heavy atom. The zero-order chi connectivity index (χ0) is 11.8. The molecule has 0 heterocycles. The second kappa shape index (κ2) is 7.78. The molecule has 0 aliphatic heterocycles. The van der Waals surface area contributed by atoms with Crippen LogP contribution in [0.5, 0.6) is 0 Å². The molecule has 0 rings (SSSR count). The van der Waals surface area contributed by atoms with Crippen molar-refractivity contribution in [2.24, 2.45) is 5.92 Å². The number of hydrogen-bond donors (Lipinski definition) is 2. The summed E-state index contributed by atoms with van der Waals surface area (Å²) in [4.78, 5) is 10.6. The maximum Gasteiger partial charge on any atom is 0.306 e. The fourth-order valence-corrected chi connectivity index (χ4v) is 1.66. The quantitative estimate of drug-likeness (QED) is 0.630. The molecular formula is C9H18O5S. The van der Waals surface area contributed by atoms with Gasteiger partial charge in [0.15, 0.2) is 0 Å². The molecule has 0 saturated carbocycles. The molecule has 3 unspecified atom stereocenters. The molecule has 3 atom stereocenters. The molecule has 6 heteroatoms. The predicted molar refractivity (Wildman–Crippen MR) is 56.6 cm³/mol. The van der Waals surface area contributed by atoms with Crippen molar-refractivity contribution in [1.82, 2.24) is 0 Å². The van der Waals surface area contributed by atoms with Gasteiger partial charge in [0.2, 0.25) is 0 Å². The summed E-state index contributed by atoms with van der Waals surface area (Å²) in [6, 6.07) is 0. The molecule has 0 aromatic heterocycles. The van der Waals surface area contributed by atoms with E-state index in [1.54, 1.807) is 6.92 Å². The molecule has 0 aromatic rings. The van der Waals surface area contributed by atoms with Crippen LogP contribution in [0.2, 0.25) is 0 Å². The van der Waals surface area contributed by atoms with Gasteiger partial charge >= 0.3 is 17.3 Å². The summed E-state index contributed by atoms with van der Waals surface area (Å²) in [7, 11) is 0. The van der Waals surface area contributed by atoms with Gasteiger partial charge in [-0.25, -0.2) is 0 Å². The Labute approximate surface area is 92.3 Å². The number of rotatable bonds is 8. The third-order valence-corrected chi connectivity index (χ3v) is 2.57. The van der Waals surface area contributed by atoms with Gasteiger partial charge in [-0.05, 0) is 12.8 Å². The SMILES string of the molecule is CCCCC(CC(C)C(=O)O)OS(=O)O. The second-order valence-corrected chi connectivity index (χ2v) is 4.18. The lowest BCUT2D eigenvalue weighted by atomic mass is 10.0. The Morgan fingerprint density at radius 1 is 1.53 bits per heavy atom. The van der Waals surface area contributed by atoms with Crippen molar-refractivity contribution in [3.63, 3.8) is 0 Å². The van der Waals surface area contributed by atoms with Crippen LogP contribution in [0, 0.1) is 5.92 Å². The van der Waals surface area contributed by atoms with Crippen molar-refractivity contribution in [2.45, 2.75) is 45.6 Å². The third kappa shape index (κ3) is 7.47. The van der Waals surface area contributed by atoms with E-state index in [4.69, 9.17) is 13.8 Å². The number of carboxylic acids is 1. The van der Waals surface area contributed by atoms with E-state index in [1.807, 2.05) is 6.92 Å². The van der Waals surface area contributed by atoms with Crippen molar-refractivity contribution in [2.75, 3.05) is 0 Å². The van der Waals surface area contributed by atoms with E-state index in [1.165, 1.54) is 0 Å². The van der Waals surface area contributed by atoms with E-state index >= 15 is 0 Å². The number of aliphatic carboxylic acids is 1. The molecule has 2 N–H and O–H groups in total. The summed E-state index contributed by atoms with van der Waals surface area (Å²) in [5.41, 5.74) is 0. The maximum absolute atomic E-state index is 10.6. The smallest absolute Gasteiger partial charge is 0.306 e. The van der Waals surface area contributed by atoms with Gasteiger partial charge in [0.25, 0.3) is 0 Å². The van der Waals surface area contributed by atoms with Gasteiger partial charge < -0.3 is 5.11 Å². The molecule has 15 heavy (non-hydrogen) atoms. The lowest BCUT2D eigenvalue weighted by molar-refractivity contribution is -0.142. The van der Waals surface area contributed by atoms with Crippen LogP contribution in [0.15, 0.2) is 0 Å². The Hall–Kier alpha value is -0.460. The van der Waals surface area contributed by atoms with Gasteiger partial charge in [0.1, 0.15) is 0 Å². The summed E-state index contributed by atoms with van der Waals surface area (Å²) in [5.74, 6) is -1.47. The number of carbonyl (C=O) groups is 1. The monoisotopic (exact) mass is 238 g/mol. The lowest BCUT2D eigenvalue weighted by Gasteiger charge is -2.16. The molecular weight excluding hydrogens is 220 g/mol. The first-order valence-corrected chi connectivity index (χ1v) is 6.01. The van der Waals surface area contributed by atoms with Crippen molar-refractivity contribution < 1.29 is 22.8 Å². The number of carboxylic acid groups (broad SMARTS) is 1. The van der Waals surface area contributed by atoms with Gasteiger partial charge in [-0.3, -0.25) is 13.5 Å². The van der Waals surface area contributed by atoms with Gasteiger partial charge in [0, 0.05) is 0 Å². The van der Waals surface area contributed by atoms with Crippen LogP contribution in [0.25, 0.3) is 0 Å². The van der Waals surface area contributed by atoms with Crippen LogP contribution >= 0.6 is 0 Å². The molecule has 0 saturated heterocycles. The molecule has 0 amide bonds. The van der Waals surface area contributed by atoms with Crippen molar-refractivity contribution >= 4 is 17.3 Å². The molecule has 0 spiro atoms. The standard InChI is InChI=1S/C9H18O5S/c1-3-4-5-8(14-15(12)13)6-7(2)9(10)11/h7-8H,3-6H2,1-2H3,(H,10,11)(H,12,13). The molecule has 0 aromatic carbocycles. The van der Waals surface area contributed by atoms with Crippen LogP contribution < -0.4 is 0 Å². The van der Waals surface area contributed by atoms with Crippen LogP contribution in [0.4, 0.5) is 0 Å². The second-order valence-electron chi connectivity index (χ2n) is 3.55. The summed E-state index contributed by atoms with van der Waals surface area (Å²) < 4.78 is 23.8. The minimum atomic E-state index is -2.32. The Bertz CT molecular complexity index is 219. The van der Waals surface area contributed by atoms with E-state index in [2.05, 4.69) is 0 Å². The Kier molecular flexibility index (Phi) is 7.54. The van der Waals surface area contributed by atoms with Gasteiger partial charge in [-0.15, -0.1) is 0 Å². The average molecular weight is 238 g/mol. The van der Waals surface area contributed by atoms with Crippen LogP contribution in [0.3, 0.4) is 0 Å². The van der Waals surface area contributed by atoms with Gasteiger partial charge in [0.05, 0.1) is 12.0 Å².